The summed E-state index contributed by atoms with van der Waals surface area (Å²) in [7, 11) is 0. The summed E-state index contributed by atoms with van der Waals surface area (Å²) in [6.07, 6.45) is 0.0972. The molecule has 0 fully saturated rings. The lowest BCUT2D eigenvalue weighted by Gasteiger charge is -1.67. The van der Waals surface area contributed by atoms with Gasteiger partial charge in [-0.05, 0) is 0 Å². The van der Waals surface area contributed by atoms with Crippen molar-refractivity contribution in [3.63, 3.8) is 0 Å². The highest BCUT2D eigenvalue weighted by molar-refractivity contribution is 4.54. The first kappa shape index (κ1) is 5.07. The highest BCUT2D eigenvalue weighted by atomic mass is 19.1. The van der Waals surface area contributed by atoms with Crippen molar-refractivity contribution in [1.29, 1.82) is 0 Å². The molecule has 0 bridgehead atoms. The second kappa shape index (κ2) is 2.32. The van der Waals surface area contributed by atoms with Crippen LogP contribution in [0.2, 0.25) is 0 Å². The minimum atomic E-state index is -0.875. The van der Waals surface area contributed by atoms with E-state index in [0.29, 0.717) is 0 Å². The molecular formula is C2H2FNO2. The fourth-order valence-corrected chi connectivity index (χ4v) is 0.0460. The van der Waals surface area contributed by atoms with Gasteiger partial charge in [-0.15, -0.1) is 0 Å². The van der Waals surface area contributed by atoms with Gasteiger partial charge in [-0.2, -0.15) is 0 Å². The second-order valence-corrected chi connectivity index (χ2v) is 0.560. The fourth-order valence-electron chi connectivity index (χ4n) is 0.0460. The van der Waals surface area contributed by atoms with Gasteiger partial charge in [-0.3, -0.25) is 10.1 Å². The van der Waals surface area contributed by atoms with Gasteiger partial charge in [-0.1, -0.05) is 0 Å². The largest absolute Gasteiger partial charge is 0.262 e. The van der Waals surface area contributed by atoms with Gasteiger partial charge in [0.25, 0.3) is 6.20 Å². The zero-order chi connectivity index (χ0) is 4.99. The SMILES string of the molecule is O=[N+]([O-])C=CF. The highest BCUT2D eigenvalue weighted by Crippen LogP contribution is 1.70. The molecule has 0 rings (SSSR count). The van der Waals surface area contributed by atoms with Crippen LogP contribution in [-0.4, -0.2) is 4.92 Å². The van der Waals surface area contributed by atoms with E-state index in [1.165, 1.54) is 0 Å². The number of halogens is 1. The van der Waals surface area contributed by atoms with E-state index in [2.05, 4.69) is 0 Å². The first-order valence-corrected chi connectivity index (χ1v) is 1.17. The maximum atomic E-state index is 10.6. The van der Waals surface area contributed by atoms with Crippen LogP contribution >= 0.6 is 0 Å². The van der Waals surface area contributed by atoms with E-state index in [4.69, 9.17) is 10.1 Å². The Balaban J connectivity index is 3.30. The molecule has 0 aliphatic heterocycles. The van der Waals surface area contributed by atoms with E-state index in [-0.39, 0.29) is 12.5 Å². The first-order valence-electron chi connectivity index (χ1n) is 1.17. The van der Waals surface area contributed by atoms with Crippen LogP contribution in [0.15, 0.2) is 12.5 Å². The van der Waals surface area contributed by atoms with Gasteiger partial charge in [0.1, 0.15) is 0 Å². The lowest BCUT2D eigenvalue weighted by atomic mass is 11.0. The third kappa shape index (κ3) is 3.07. The summed E-state index contributed by atoms with van der Waals surface area (Å²) in [5.74, 6) is 0. The van der Waals surface area contributed by atoms with Gasteiger partial charge in [0.15, 0.2) is 6.33 Å². The van der Waals surface area contributed by atoms with Gasteiger partial charge in [-0.25, -0.2) is 4.39 Å². The van der Waals surface area contributed by atoms with E-state index >= 15 is 0 Å². The standard InChI is InChI=1S/C2H2FNO2/c3-1-2-4(5)6/h1-2H. The number of hydrogen-bond acceptors (Lipinski definition) is 2. The molecule has 0 heterocycles. The fraction of sp³-hybridized carbons (Fsp3) is 0. The van der Waals surface area contributed by atoms with Crippen LogP contribution in [0.1, 0.15) is 0 Å². The van der Waals surface area contributed by atoms with E-state index < -0.39 is 4.92 Å². The molecule has 0 spiro atoms. The third-order valence-corrected chi connectivity index (χ3v) is 0.178. The van der Waals surface area contributed by atoms with Crippen molar-refractivity contribution in [2.75, 3.05) is 0 Å². The number of nitro groups is 1. The van der Waals surface area contributed by atoms with Crippen LogP contribution in [0.4, 0.5) is 4.39 Å². The highest BCUT2D eigenvalue weighted by Gasteiger charge is 1.76. The molecule has 0 atom stereocenters. The van der Waals surface area contributed by atoms with E-state index in [1.807, 2.05) is 0 Å². The van der Waals surface area contributed by atoms with Crippen molar-refractivity contribution in [1.82, 2.24) is 0 Å². The Morgan fingerprint density at radius 3 is 2.33 bits per heavy atom. The molecule has 0 aliphatic rings. The molecular weight excluding hydrogens is 89.0 g/mol. The van der Waals surface area contributed by atoms with Crippen molar-refractivity contribution in [3.05, 3.63) is 22.6 Å². The summed E-state index contributed by atoms with van der Waals surface area (Å²) in [5.41, 5.74) is 0. The average Bonchev–Trinajstić information content (AvgIpc) is 1.35. The maximum absolute atomic E-state index is 10.6. The minimum absolute atomic E-state index is 0.125. The average molecular weight is 91.0 g/mol. The lowest BCUT2D eigenvalue weighted by molar-refractivity contribution is -0.403. The predicted octanol–water partition coefficient (Wildman–Crippen LogP) is 0.704. The summed E-state index contributed by atoms with van der Waals surface area (Å²) >= 11 is 0. The van der Waals surface area contributed by atoms with E-state index in [0.717, 1.165) is 0 Å². The third-order valence-electron chi connectivity index (χ3n) is 0.178. The van der Waals surface area contributed by atoms with Crippen molar-refractivity contribution in [3.8, 4) is 0 Å². The Kier molecular flexibility index (Phi) is 1.96. The zero-order valence-electron chi connectivity index (χ0n) is 2.80. The summed E-state index contributed by atoms with van der Waals surface area (Å²) in [6, 6.07) is 0. The molecule has 6 heavy (non-hydrogen) atoms. The molecule has 0 unspecified atom stereocenters. The van der Waals surface area contributed by atoms with Crippen molar-refractivity contribution < 1.29 is 9.31 Å². The van der Waals surface area contributed by atoms with Gasteiger partial charge in [0, 0.05) is 0 Å². The molecule has 0 aromatic heterocycles. The molecule has 3 nitrogen and oxygen atoms in total. The Bertz CT molecular complexity index is 79.6. The van der Waals surface area contributed by atoms with Crippen LogP contribution < -0.4 is 0 Å². The monoisotopic (exact) mass is 91.0 g/mol. The smallest absolute Gasteiger partial charge is 0.259 e. The number of rotatable bonds is 1. The predicted molar refractivity (Wildman–Crippen MR) is 17.2 cm³/mol. The molecule has 4 heteroatoms. The Labute approximate surface area is 33.2 Å². The van der Waals surface area contributed by atoms with E-state index in [1.54, 1.807) is 0 Å². The first-order chi connectivity index (χ1) is 2.77. The van der Waals surface area contributed by atoms with Crippen molar-refractivity contribution >= 4 is 0 Å². The number of nitrogens with zero attached hydrogens (tertiary/aromatic N) is 1. The maximum Gasteiger partial charge on any atom is 0.262 e. The van der Waals surface area contributed by atoms with E-state index in [9.17, 15) is 4.39 Å². The van der Waals surface area contributed by atoms with Crippen LogP contribution in [0.25, 0.3) is 0 Å². The summed E-state index contributed by atoms with van der Waals surface area (Å²) < 4.78 is 10.6. The summed E-state index contributed by atoms with van der Waals surface area (Å²) in [4.78, 5) is 8.20. The van der Waals surface area contributed by atoms with Gasteiger partial charge in [0.2, 0.25) is 0 Å². The molecule has 0 saturated carbocycles. The van der Waals surface area contributed by atoms with Crippen LogP contribution in [0, 0.1) is 10.1 Å². The Hall–Kier alpha value is -0.930. The second-order valence-electron chi connectivity index (χ2n) is 0.560. The molecule has 0 amide bonds. The molecule has 0 saturated heterocycles. The number of hydrogen-bond donors (Lipinski definition) is 0. The normalized spacial score (nSPS) is 9.50. The quantitative estimate of drug-likeness (QED) is 0.352. The topological polar surface area (TPSA) is 43.1 Å². The molecule has 0 N–H and O–H groups in total. The zero-order valence-corrected chi connectivity index (χ0v) is 2.80. The van der Waals surface area contributed by atoms with Crippen LogP contribution in [0.3, 0.4) is 0 Å². The molecule has 0 aromatic rings. The van der Waals surface area contributed by atoms with Crippen LogP contribution in [0.5, 0.6) is 0 Å². The van der Waals surface area contributed by atoms with Crippen molar-refractivity contribution in [2.45, 2.75) is 0 Å². The lowest BCUT2D eigenvalue weighted by Crippen LogP contribution is -1.79. The molecule has 0 aromatic carbocycles. The summed E-state index contributed by atoms with van der Waals surface area (Å²) in [5, 5.41) is 9.08. The molecule has 34 valence electrons. The Morgan fingerprint density at radius 1 is 1.83 bits per heavy atom. The molecule has 0 radical (unpaired) electrons. The van der Waals surface area contributed by atoms with Gasteiger partial charge >= 0.3 is 0 Å². The van der Waals surface area contributed by atoms with Crippen LogP contribution in [-0.2, 0) is 0 Å². The Morgan fingerprint density at radius 2 is 2.33 bits per heavy atom. The van der Waals surface area contributed by atoms with Gasteiger partial charge in [0.05, 0.1) is 4.92 Å². The summed E-state index contributed by atoms with van der Waals surface area (Å²) in [6.45, 7) is 0. The van der Waals surface area contributed by atoms with Gasteiger partial charge < -0.3 is 0 Å². The minimum Gasteiger partial charge on any atom is -0.259 e. The van der Waals surface area contributed by atoms with Crippen molar-refractivity contribution in [2.24, 2.45) is 0 Å². The molecule has 0 aliphatic carbocycles.